The topological polar surface area (TPSA) is 78.8 Å². The lowest BCUT2D eigenvalue weighted by Gasteiger charge is -2.57. The Labute approximate surface area is 257 Å². The Morgan fingerprint density at radius 3 is 2.02 bits per heavy atom. The van der Waals surface area contributed by atoms with Gasteiger partial charge in [-0.05, 0) is 109 Å². The summed E-state index contributed by atoms with van der Waals surface area (Å²) in [7, 11) is -3.83. The van der Waals surface area contributed by atoms with Gasteiger partial charge in [-0.25, -0.2) is 4.83 Å². The van der Waals surface area contributed by atoms with Crippen molar-refractivity contribution in [3.63, 3.8) is 0 Å². The first-order valence-electron chi connectivity index (χ1n) is 16.8. The third-order valence-corrected chi connectivity index (χ3v) is 12.8. The molecular weight excluding hydrogens is 540 g/mol. The zero-order chi connectivity index (χ0) is 31.2. The molecule has 0 spiro atoms. The van der Waals surface area contributed by atoms with Crippen LogP contribution >= 0.6 is 0 Å². The van der Waals surface area contributed by atoms with E-state index in [1.807, 2.05) is 13.8 Å². The highest BCUT2D eigenvalue weighted by Gasteiger charge is 2.58. The van der Waals surface area contributed by atoms with Crippen molar-refractivity contribution in [2.45, 2.75) is 149 Å². The molecule has 6 atom stereocenters. The average molecular weight is 599 g/mol. The molecule has 0 aliphatic heterocycles. The molecule has 42 heavy (non-hydrogen) atoms. The molecule has 1 aromatic rings. The van der Waals surface area contributed by atoms with Crippen LogP contribution in [-0.2, 0) is 10.0 Å². The number of aliphatic hydroxyl groups excluding tert-OH is 1. The van der Waals surface area contributed by atoms with Crippen LogP contribution in [0.1, 0.15) is 155 Å². The van der Waals surface area contributed by atoms with E-state index in [0.29, 0.717) is 28.6 Å². The van der Waals surface area contributed by atoms with Gasteiger partial charge in [0.1, 0.15) is 0 Å². The lowest BCUT2D eigenvalue weighted by Crippen LogP contribution is -2.50. The predicted molar refractivity (Wildman–Crippen MR) is 176 cm³/mol. The summed E-state index contributed by atoms with van der Waals surface area (Å²) < 4.78 is 28.0. The van der Waals surface area contributed by atoms with E-state index in [-0.39, 0.29) is 28.8 Å². The van der Waals surface area contributed by atoms with Gasteiger partial charge in [0.2, 0.25) is 0 Å². The highest BCUT2D eigenvalue weighted by atomic mass is 32.2. The van der Waals surface area contributed by atoms with Crippen molar-refractivity contribution in [1.29, 1.82) is 0 Å². The molecule has 5 rings (SSSR count). The Bertz CT molecular complexity index is 1280. The molecule has 6 unspecified atom stereocenters. The van der Waals surface area contributed by atoms with Gasteiger partial charge in [-0.15, -0.1) is 0 Å². The summed E-state index contributed by atoms with van der Waals surface area (Å²) in [4.78, 5) is 3.19. The van der Waals surface area contributed by atoms with Crippen LogP contribution in [0.15, 0.2) is 33.8 Å². The molecule has 3 fully saturated rings. The monoisotopic (exact) mass is 598 g/mol. The zero-order valence-electron chi connectivity index (χ0n) is 28.0. The van der Waals surface area contributed by atoms with Crippen LogP contribution in [0.5, 0.6) is 0 Å². The third-order valence-electron chi connectivity index (χ3n) is 11.5. The molecule has 0 heterocycles. The average Bonchev–Trinajstić information content (AvgIpc) is 3.28. The van der Waals surface area contributed by atoms with Gasteiger partial charge >= 0.3 is 0 Å². The van der Waals surface area contributed by atoms with E-state index in [4.69, 9.17) is 5.10 Å². The summed E-state index contributed by atoms with van der Waals surface area (Å²) in [6.07, 6.45) is 10.3. The van der Waals surface area contributed by atoms with E-state index >= 15 is 0 Å². The summed E-state index contributed by atoms with van der Waals surface area (Å²) in [5.41, 5.74) is 5.61. The number of benzene rings is 1. The number of aliphatic hydroxyl groups is 1. The number of nitrogens with zero attached hydrogens (tertiary/aromatic N) is 1. The Balaban J connectivity index is 0.00000198. The van der Waals surface area contributed by atoms with Gasteiger partial charge in [-0.2, -0.15) is 13.5 Å². The van der Waals surface area contributed by atoms with Gasteiger partial charge < -0.3 is 5.11 Å². The van der Waals surface area contributed by atoms with Crippen LogP contribution in [0.4, 0.5) is 0 Å². The number of hydrogen-bond donors (Lipinski definition) is 2. The third kappa shape index (κ3) is 5.76. The Hall–Kier alpha value is -1.66. The van der Waals surface area contributed by atoms with Gasteiger partial charge in [0.25, 0.3) is 10.0 Å². The Morgan fingerprint density at radius 2 is 1.45 bits per heavy atom. The zero-order valence-corrected chi connectivity index (χ0v) is 28.9. The van der Waals surface area contributed by atoms with Crippen LogP contribution in [0, 0.1) is 28.6 Å². The van der Waals surface area contributed by atoms with E-state index in [1.165, 1.54) is 11.1 Å². The summed E-state index contributed by atoms with van der Waals surface area (Å²) in [5.74, 6) is 2.29. The fourth-order valence-corrected chi connectivity index (χ4v) is 10.5. The molecular formula is C36H58N2O3S. The van der Waals surface area contributed by atoms with Gasteiger partial charge in [-0.3, -0.25) is 0 Å². The standard InChI is InChI=1S/C34H52N2O3S.C2H6/c1-20(2)23-17-27(21(3)4)32(28(18-23)22(5)6)40(38,39)36-35-31-12-11-29-26-10-9-24-19-25(37)13-15-33(24,7)30(26)14-16-34(29,31)8;1-2/h9,17-18,20-22,25-26,29-30,36-37H,10-16,19H2,1-8H3;1-2H3/b35-31+;. The normalized spacial score (nSPS) is 33.6. The lowest BCUT2D eigenvalue weighted by atomic mass is 9.48. The van der Waals surface area contributed by atoms with E-state index in [2.05, 4.69) is 78.4 Å². The Morgan fingerprint density at radius 1 is 0.881 bits per heavy atom. The quantitative estimate of drug-likeness (QED) is 0.253. The second-order valence-electron chi connectivity index (χ2n) is 14.8. The number of sulfonamides is 1. The molecule has 0 radical (unpaired) electrons. The van der Waals surface area contributed by atoms with E-state index in [0.717, 1.165) is 68.2 Å². The maximum absolute atomic E-state index is 14.0. The second kappa shape index (κ2) is 12.4. The number of rotatable bonds is 6. The van der Waals surface area contributed by atoms with Crippen LogP contribution < -0.4 is 4.83 Å². The minimum atomic E-state index is -3.83. The highest BCUT2D eigenvalue weighted by Crippen LogP contribution is 2.64. The van der Waals surface area contributed by atoms with Gasteiger partial charge in [0, 0.05) is 11.1 Å². The summed E-state index contributed by atoms with van der Waals surface area (Å²) in [6.45, 7) is 21.4. The van der Waals surface area contributed by atoms with Crippen molar-refractivity contribution in [2.24, 2.45) is 33.7 Å². The smallest absolute Gasteiger partial charge is 0.277 e. The second-order valence-corrected chi connectivity index (χ2v) is 16.4. The maximum Gasteiger partial charge on any atom is 0.277 e. The molecule has 5 nitrogen and oxygen atoms in total. The molecule has 4 aliphatic carbocycles. The molecule has 0 amide bonds. The Kier molecular flexibility index (Phi) is 9.80. The van der Waals surface area contributed by atoms with Crippen LogP contribution in [0.2, 0.25) is 0 Å². The fraction of sp³-hybridized carbons (Fsp3) is 0.750. The first kappa shape index (κ1) is 33.2. The SMILES string of the molecule is CC.CC(C)c1cc(C(C)C)c(S(=O)(=O)N/N=C2\CCC3C4CC=C5CC(O)CCC5(C)C4CCC23C)c(C(C)C)c1. The minimum absolute atomic E-state index is 0.0666. The fourth-order valence-electron chi connectivity index (χ4n) is 8.97. The molecule has 236 valence electrons. The summed E-state index contributed by atoms with van der Waals surface area (Å²) >= 11 is 0. The van der Waals surface area contributed by atoms with Crippen molar-refractivity contribution in [3.05, 3.63) is 40.5 Å². The first-order chi connectivity index (χ1) is 19.7. The molecule has 4 aliphatic rings. The van der Waals surface area contributed by atoms with Gasteiger partial charge in [-0.1, -0.05) is 93.0 Å². The van der Waals surface area contributed by atoms with Crippen molar-refractivity contribution < 1.29 is 13.5 Å². The number of allylic oxidation sites excluding steroid dienone is 1. The minimum Gasteiger partial charge on any atom is -0.393 e. The predicted octanol–water partition coefficient (Wildman–Crippen LogP) is 9.04. The molecule has 3 saturated carbocycles. The lowest BCUT2D eigenvalue weighted by molar-refractivity contribution is -0.0209. The van der Waals surface area contributed by atoms with E-state index in [9.17, 15) is 13.5 Å². The van der Waals surface area contributed by atoms with Gasteiger partial charge in [0.15, 0.2) is 0 Å². The molecule has 0 saturated heterocycles. The molecule has 0 bridgehead atoms. The van der Waals surface area contributed by atoms with Crippen LogP contribution in [0.3, 0.4) is 0 Å². The van der Waals surface area contributed by atoms with Crippen LogP contribution in [-0.4, -0.2) is 25.3 Å². The van der Waals surface area contributed by atoms with E-state index in [1.54, 1.807) is 0 Å². The van der Waals surface area contributed by atoms with Crippen molar-refractivity contribution in [2.75, 3.05) is 0 Å². The van der Waals surface area contributed by atoms with E-state index < -0.39 is 10.0 Å². The number of nitrogens with one attached hydrogen (secondary N) is 1. The van der Waals surface area contributed by atoms with Crippen LogP contribution in [0.25, 0.3) is 0 Å². The highest BCUT2D eigenvalue weighted by molar-refractivity contribution is 7.89. The van der Waals surface area contributed by atoms with Crippen molar-refractivity contribution in [3.8, 4) is 0 Å². The number of fused-ring (bicyclic) bond motifs is 5. The largest absolute Gasteiger partial charge is 0.393 e. The summed E-state index contributed by atoms with van der Waals surface area (Å²) in [5, 5.41) is 15.1. The molecule has 2 N–H and O–H groups in total. The van der Waals surface area contributed by atoms with Crippen molar-refractivity contribution >= 4 is 15.7 Å². The molecule has 1 aromatic carbocycles. The molecule has 0 aromatic heterocycles. The van der Waals surface area contributed by atoms with Crippen molar-refractivity contribution in [1.82, 2.24) is 4.83 Å². The number of hydrogen-bond acceptors (Lipinski definition) is 4. The molecule has 6 heteroatoms. The van der Waals surface area contributed by atoms with Gasteiger partial charge in [0.05, 0.1) is 11.0 Å². The first-order valence-corrected chi connectivity index (χ1v) is 18.3. The summed E-state index contributed by atoms with van der Waals surface area (Å²) in [6, 6.07) is 4.18. The number of hydrazone groups is 1. The maximum atomic E-state index is 14.0.